The van der Waals surface area contributed by atoms with Gasteiger partial charge in [0.05, 0.1) is 12.2 Å². The number of alkyl halides is 3. The van der Waals surface area contributed by atoms with Crippen molar-refractivity contribution in [3.05, 3.63) is 34.9 Å². The zero-order valence-corrected chi connectivity index (χ0v) is 9.10. The van der Waals surface area contributed by atoms with E-state index in [1.165, 1.54) is 6.07 Å². The van der Waals surface area contributed by atoms with E-state index >= 15 is 0 Å². The molecule has 0 radical (unpaired) electrons. The summed E-state index contributed by atoms with van der Waals surface area (Å²) in [5.74, 6) is 0. The lowest BCUT2D eigenvalue weighted by atomic mass is 10.1. The molecule has 90 valence electrons. The predicted octanol–water partition coefficient (Wildman–Crippen LogP) is 3.48. The lowest BCUT2D eigenvalue weighted by Crippen LogP contribution is -2.06. The summed E-state index contributed by atoms with van der Waals surface area (Å²) in [6.07, 6.45) is -4.30. The molecule has 0 aliphatic carbocycles. The summed E-state index contributed by atoms with van der Waals surface area (Å²) in [5.41, 5.74) is 0.570. The zero-order valence-electron chi connectivity index (χ0n) is 9.10. The minimum Gasteiger partial charge on any atom is -0.237 e. The Morgan fingerprint density at radius 1 is 1.19 bits per heavy atom. The molecular weight excluding hydrogens is 221 g/mol. The third kappa shape index (κ3) is 3.50. The van der Waals surface area contributed by atoms with Gasteiger partial charge in [0.25, 0.3) is 0 Å². The summed E-state index contributed by atoms with van der Waals surface area (Å²) in [4.78, 5) is 9.46. The number of hydrogen-bond donors (Lipinski definition) is 0. The van der Waals surface area contributed by atoms with Gasteiger partial charge in [-0.3, -0.25) is 0 Å². The van der Waals surface area contributed by atoms with E-state index in [4.69, 9.17) is 4.89 Å². The van der Waals surface area contributed by atoms with Crippen LogP contribution in [0.5, 0.6) is 0 Å². The van der Waals surface area contributed by atoms with E-state index in [2.05, 4.69) is 4.89 Å². The lowest BCUT2D eigenvalue weighted by molar-refractivity contribution is -0.300. The third-order valence-corrected chi connectivity index (χ3v) is 2.09. The maximum atomic E-state index is 12.4. The summed E-state index contributed by atoms with van der Waals surface area (Å²) in [6.45, 7) is 3.93. The molecule has 0 fully saturated rings. The van der Waals surface area contributed by atoms with Gasteiger partial charge in [-0.1, -0.05) is 6.07 Å². The van der Waals surface area contributed by atoms with E-state index in [0.717, 1.165) is 12.1 Å². The Morgan fingerprint density at radius 3 is 2.38 bits per heavy atom. The monoisotopic (exact) mass is 234 g/mol. The summed E-state index contributed by atoms with van der Waals surface area (Å²) in [5, 5.41) is 0. The molecule has 2 nitrogen and oxygen atoms in total. The Hall–Kier alpha value is -1.07. The molecule has 0 heterocycles. The van der Waals surface area contributed by atoms with Crippen molar-refractivity contribution in [1.29, 1.82) is 0 Å². The molecule has 0 saturated heterocycles. The number of aryl methyl sites for hydroxylation is 1. The van der Waals surface area contributed by atoms with Crippen LogP contribution in [-0.2, 0) is 22.6 Å². The molecule has 0 amide bonds. The fourth-order valence-electron chi connectivity index (χ4n) is 1.22. The Bertz CT molecular complexity index is 348. The first-order valence-electron chi connectivity index (χ1n) is 4.86. The second-order valence-electron chi connectivity index (χ2n) is 3.31. The molecule has 1 aromatic rings. The standard InChI is InChI=1S/C11H13F3O2/c1-3-15-16-7-9-4-5-10(6-8(9)2)11(12,13)14/h4-6H,3,7H2,1-2H3. The van der Waals surface area contributed by atoms with Crippen molar-refractivity contribution in [3.63, 3.8) is 0 Å². The average molecular weight is 234 g/mol. The zero-order chi connectivity index (χ0) is 12.2. The van der Waals surface area contributed by atoms with Crippen molar-refractivity contribution in [2.75, 3.05) is 6.61 Å². The van der Waals surface area contributed by atoms with Crippen LogP contribution in [0.4, 0.5) is 13.2 Å². The highest BCUT2D eigenvalue weighted by Crippen LogP contribution is 2.30. The maximum Gasteiger partial charge on any atom is 0.416 e. The van der Waals surface area contributed by atoms with Crippen molar-refractivity contribution in [3.8, 4) is 0 Å². The van der Waals surface area contributed by atoms with Gasteiger partial charge in [0, 0.05) is 0 Å². The van der Waals surface area contributed by atoms with Gasteiger partial charge < -0.3 is 0 Å². The molecule has 0 aromatic heterocycles. The molecule has 0 saturated carbocycles. The van der Waals surface area contributed by atoms with Gasteiger partial charge in [0.2, 0.25) is 0 Å². The Labute approximate surface area is 91.9 Å². The maximum absolute atomic E-state index is 12.4. The summed E-state index contributed by atoms with van der Waals surface area (Å²) < 4.78 is 37.1. The predicted molar refractivity (Wildman–Crippen MR) is 52.6 cm³/mol. The van der Waals surface area contributed by atoms with Gasteiger partial charge in [0.1, 0.15) is 6.61 Å². The molecule has 1 rings (SSSR count). The van der Waals surface area contributed by atoms with Crippen LogP contribution in [0, 0.1) is 6.92 Å². The largest absolute Gasteiger partial charge is 0.416 e. The van der Waals surface area contributed by atoms with Gasteiger partial charge in [-0.05, 0) is 37.1 Å². The molecule has 0 N–H and O–H groups in total. The van der Waals surface area contributed by atoms with Gasteiger partial charge >= 0.3 is 6.18 Å². The number of halogens is 3. The van der Waals surface area contributed by atoms with E-state index in [1.807, 2.05) is 0 Å². The molecule has 0 spiro atoms. The van der Waals surface area contributed by atoms with Crippen LogP contribution in [0.15, 0.2) is 18.2 Å². The van der Waals surface area contributed by atoms with E-state index < -0.39 is 11.7 Å². The highest BCUT2D eigenvalue weighted by atomic mass is 19.4. The molecule has 0 unspecified atom stereocenters. The molecule has 1 aromatic carbocycles. The minimum absolute atomic E-state index is 0.151. The molecule has 0 bridgehead atoms. The van der Waals surface area contributed by atoms with Gasteiger partial charge in [-0.25, -0.2) is 9.78 Å². The minimum atomic E-state index is -4.30. The summed E-state index contributed by atoms with van der Waals surface area (Å²) in [6, 6.07) is 3.54. The number of benzene rings is 1. The third-order valence-electron chi connectivity index (χ3n) is 2.09. The summed E-state index contributed by atoms with van der Waals surface area (Å²) in [7, 11) is 0. The van der Waals surface area contributed by atoms with Gasteiger partial charge in [-0.15, -0.1) is 0 Å². The van der Waals surface area contributed by atoms with Crippen molar-refractivity contribution < 1.29 is 22.9 Å². The first-order valence-corrected chi connectivity index (χ1v) is 4.86. The van der Waals surface area contributed by atoms with Crippen LogP contribution in [0.2, 0.25) is 0 Å². The molecular formula is C11H13F3O2. The van der Waals surface area contributed by atoms with Crippen molar-refractivity contribution in [1.82, 2.24) is 0 Å². The lowest BCUT2D eigenvalue weighted by Gasteiger charge is -2.10. The SMILES string of the molecule is CCOOCc1ccc(C(F)(F)F)cc1C. The molecule has 0 aliphatic heterocycles. The first kappa shape index (κ1) is 13.0. The second-order valence-corrected chi connectivity index (χ2v) is 3.31. The Balaban J connectivity index is 2.76. The number of rotatable bonds is 4. The van der Waals surface area contributed by atoms with Gasteiger partial charge in [0.15, 0.2) is 0 Å². The Morgan fingerprint density at radius 2 is 1.88 bits per heavy atom. The first-order chi connectivity index (χ1) is 7.45. The van der Waals surface area contributed by atoms with E-state index in [0.29, 0.717) is 17.7 Å². The summed E-state index contributed by atoms with van der Waals surface area (Å²) >= 11 is 0. The van der Waals surface area contributed by atoms with Gasteiger partial charge in [-0.2, -0.15) is 13.2 Å². The van der Waals surface area contributed by atoms with E-state index in [1.54, 1.807) is 13.8 Å². The molecule has 0 aliphatic rings. The molecule has 5 heteroatoms. The second kappa shape index (κ2) is 5.32. The van der Waals surface area contributed by atoms with Crippen LogP contribution in [-0.4, -0.2) is 6.61 Å². The fourth-order valence-corrected chi connectivity index (χ4v) is 1.22. The molecule has 16 heavy (non-hydrogen) atoms. The van der Waals surface area contributed by atoms with Crippen molar-refractivity contribution in [2.45, 2.75) is 26.6 Å². The highest BCUT2D eigenvalue weighted by molar-refractivity contribution is 5.32. The van der Waals surface area contributed by atoms with Crippen LogP contribution in [0.25, 0.3) is 0 Å². The van der Waals surface area contributed by atoms with E-state index in [-0.39, 0.29) is 6.61 Å². The average Bonchev–Trinajstić information content (AvgIpc) is 2.19. The molecule has 0 atom stereocenters. The number of hydrogen-bond acceptors (Lipinski definition) is 2. The topological polar surface area (TPSA) is 18.5 Å². The smallest absolute Gasteiger partial charge is 0.237 e. The van der Waals surface area contributed by atoms with Crippen molar-refractivity contribution >= 4 is 0 Å². The van der Waals surface area contributed by atoms with Crippen molar-refractivity contribution in [2.24, 2.45) is 0 Å². The van der Waals surface area contributed by atoms with Crippen LogP contribution < -0.4 is 0 Å². The normalized spacial score (nSPS) is 11.8. The van der Waals surface area contributed by atoms with Crippen LogP contribution >= 0.6 is 0 Å². The quantitative estimate of drug-likeness (QED) is 0.451. The van der Waals surface area contributed by atoms with Crippen LogP contribution in [0.1, 0.15) is 23.6 Å². The fraction of sp³-hybridized carbons (Fsp3) is 0.455. The van der Waals surface area contributed by atoms with Crippen LogP contribution in [0.3, 0.4) is 0 Å². The Kier molecular flexibility index (Phi) is 4.32. The van der Waals surface area contributed by atoms with E-state index in [9.17, 15) is 13.2 Å². The highest BCUT2D eigenvalue weighted by Gasteiger charge is 2.30.